The molecule has 1 aromatic carbocycles. The first-order valence-corrected chi connectivity index (χ1v) is 10.0. The molecule has 0 aliphatic carbocycles. The molecule has 2 atom stereocenters. The summed E-state index contributed by atoms with van der Waals surface area (Å²) in [7, 11) is -1.15. The number of hydrogen-bond acceptors (Lipinski definition) is 6. The van der Waals surface area contributed by atoms with E-state index < -0.39 is 21.8 Å². The topological polar surface area (TPSA) is 85.4 Å². The quantitative estimate of drug-likeness (QED) is 0.749. The number of amides is 1. The summed E-state index contributed by atoms with van der Waals surface area (Å²) < 4.78 is 44.4. The fourth-order valence-corrected chi connectivity index (χ4v) is 6.24. The molecule has 4 rings (SSSR count). The molecule has 1 amide bonds. The van der Waals surface area contributed by atoms with Gasteiger partial charge in [0.15, 0.2) is 5.72 Å². The molecule has 0 aromatic heterocycles. The van der Waals surface area contributed by atoms with Crippen molar-refractivity contribution in [3.05, 3.63) is 17.2 Å². The molecule has 0 unspecified atom stereocenters. The summed E-state index contributed by atoms with van der Waals surface area (Å²) in [5.41, 5.74) is -0.839. The molecule has 3 aliphatic heterocycles. The van der Waals surface area contributed by atoms with Gasteiger partial charge in [-0.2, -0.15) is 4.31 Å². The monoisotopic (exact) mass is 402 g/mol. The number of methoxy groups -OCH3 is 2. The normalized spacial score (nSPS) is 28.3. The van der Waals surface area contributed by atoms with Gasteiger partial charge >= 0.3 is 0 Å². The lowest BCUT2D eigenvalue weighted by Crippen LogP contribution is -2.48. The number of ether oxygens (including phenoxy) is 3. The SMILES string of the molecule is COc1cc(S(=O)(=O)N2CC[C@@]34OCCN3C(=O)C[C@@H]24)c(OC)cc1Cl. The van der Waals surface area contributed by atoms with E-state index >= 15 is 0 Å². The van der Waals surface area contributed by atoms with Crippen LogP contribution in [0.25, 0.3) is 0 Å². The van der Waals surface area contributed by atoms with Gasteiger partial charge in [0, 0.05) is 38.1 Å². The van der Waals surface area contributed by atoms with E-state index in [1.54, 1.807) is 4.90 Å². The number of carbonyl (C=O) groups excluding carboxylic acids is 1. The van der Waals surface area contributed by atoms with Crippen LogP contribution in [0.4, 0.5) is 0 Å². The van der Waals surface area contributed by atoms with Gasteiger partial charge in [-0.3, -0.25) is 4.79 Å². The number of rotatable bonds is 4. The van der Waals surface area contributed by atoms with Crippen LogP contribution in [-0.2, 0) is 19.6 Å². The second-order valence-corrected chi connectivity index (χ2v) is 8.73. The Bertz CT molecular complexity index is 876. The van der Waals surface area contributed by atoms with Crippen LogP contribution in [0.5, 0.6) is 11.5 Å². The molecule has 0 radical (unpaired) electrons. The highest BCUT2D eigenvalue weighted by atomic mass is 35.5. The van der Waals surface area contributed by atoms with Crippen molar-refractivity contribution in [3.8, 4) is 11.5 Å². The largest absolute Gasteiger partial charge is 0.495 e. The lowest BCUT2D eigenvalue weighted by molar-refractivity contribution is -0.136. The average molecular weight is 403 g/mol. The van der Waals surface area contributed by atoms with Gasteiger partial charge in [-0.15, -0.1) is 0 Å². The average Bonchev–Trinajstić information content (AvgIpc) is 3.25. The van der Waals surface area contributed by atoms with E-state index in [2.05, 4.69) is 0 Å². The second-order valence-electron chi connectivity index (χ2n) is 6.46. The van der Waals surface area contributed by atoms with Crippen molar-refractivity contribution >= 4 is 27.5 Å². The molecular formula is C16H19ClN2O6S. The molecule has 10 heteroatoms. The van der Waals surface area contributed by atoms with E-state index in [1.165, 1.54) is 30.7 Å². The van der Waals surface area contributed by atoms with Gasteiger partial charge in [0.2, 0.25) is 15.9 Å². The van der Waals surface area contributed by atoms with Crippen LogP contribution in [0.3, 0.4) is 0 Å². The Morgan fingerprint density at radius 3 is 2.65 bits per heavy atom. The molecule has 8 nitrogen and oxygen atoms in total. The van der Waals surface area contributed by atoms with Crippen LogP contribution in [0.2, 0.25) is 5.02 Å². The molecule has 3 fully saturated rings. The number of nitrogens with zero attached hydrogens (tertiary/aromatic N) is 2. The maximum absolute atomic E-state index is 13.4. The van der Waals surface area contributed by atoms with Gasteiger partial charge in [0.25, 0.3) is 0 Å². The van der Waals surface area contributed by atoms with E-state index in [9.17, 15) is 13.2 Å². The summed E-state index contributed by atoms with van der Waals surface area (Å²) in [6, 6.07) is 2.22. The zero-order valence-electron chi connectivity index (χ0n) is 14.4. The fourth-order valence-electron chi connectivity index (χ4n) is 4.20. The van der Waals surface area contributed by atoms with Gasteiger partial charge in [0.1, 0.15) is 16.4 Å². The summed E-state index contributed by atoms with van der Waals surface area (Å²) in [4.78, 5) is 13.9. The van der Waals surface area contributed by atoms with Crippen molar-refractivity contribution < 1.29 is 27.4 Å². The Labute approximate surface area is 156 Å². The molecule has 1 aromatic rings. The fraction of sp³-hybridized carbons (Fsp3) is 0.562. The minimum atomic E-state index is -3.94. The Morgan fingerprint density at radius 1 is 1.23 bits per heavy atom. The molecule has 0 bridgehead atoms. The van der Waals surface area contributed by atoms with Gasteiger partial charge < -0.3 is 19.1 Å². The first-order valence-electron chi connectivity index (χ1n) is 8.23. The molecule has 3 saturated heterocycles. The Balaban J connectivity index is 1.78. The molecule has 26 heavy (non-hydrogen) atoms. The molecule has 0 N–H and O–H groups in total. The van der Waals surface area contributed by atoms with Gasteiger partial charge in [0.05, 0.1) is 31.9 Å². The van der Waals surface area contributed by atoms with Crippen LogP contribution in [0, 0.1) is 0 Å². The van der Waals surface area contributed by atoms with Crippen LogP contribution < -0.4 is 9.47 Å². The van der Waals surface area contributed by atoms with Crippen molar-refractivity contribution in [2.24, 2.45) is 0 Å². The molecule has 3 aliphatic rings. The van der Waals surface area contributed by atoms with E-state index in [4.69, 9.17) is 25.8 Å². The number of benzene rings is 1. The third-order valence-corrected chi connectivity index (χ3v) is 7.60. The Morgan fingerprint density at radius 2 is 1.96 bits per heavy atom. The minimum absolute atomic E-state index is 0.0396. The van der Waals surface area contributed by atoms with Gasteiger partial charge in [-0.1, -0.05) is 11.6 Å². The third kappa shape index (κ3) is 2.27. The Hall–Kier alpha value is -1.55. The van der Waals surface area contributed by atoms with Crippen LogP contribution in [0.1, 0.15) is 12.8 Å². The Kier molecular flexibility index (Phi) is 4.11. The maximum atomic E-state index is 13.4. The highest BCUT2D eigenvalue weighted by molar-refractivity contribution is 7.89. The lowest BCUT2D eigenvalue weighted by atomic mass is 10.1. The summed E-state index contributed by atoms with van der Waals surface area (Å²) in [5, 5.41) is 0.252. The summed E-state index contributed by atoms with van der Waals surface area (Å²) >= 11 is 6.09. The number of carbonyl (C=O) groups is 1. The van der Waals surface area contributed by atoms with Gasteiger partial charge in [-0.25, -0.2) is 8.42 Å². The highest BCUT2D eigenvalue weighted by Gasteiger charge is 2.64. The summed E-state index contributed by atoms with van der Waals surface area (Å²) in [6.07, 6.45) is 0.571. The highest BCUT2D eigenvalue weighted by Crippen LogP contribution is 2.48. The van der Waals surface area contributed by atoms with Crippen molar-refractivity contribution in [2.45, 2.75) is 29.5 Å². The van der Waals surface area contributed by atoms with E-state index in [1.807, 2.05) is 0 Å². The van der Waals surface area contributed by atoms with Crippen LogP contribution in [-0.4, -0.2) is 69.2 Å². The second kappa shape index (κ2) is 5.98. The third-order valence-electron chi connectivity index (χ3n) is 5.38. The molecule has 1 spiro atoms. The summed E-state index contributed by atoms with van der Waals surface area (Å²) in [6.45, 7) is 1.19. The molecule has 0 saturated carbocycles. The first-order chi connectivity index (χ1) is 12.3. The van der Waals surface area contributed by atoms with Crippen molar-refractivity contribution in [1.29, 1.82) is 0 Å². The lowest BCUT2D eigenvalue weighted by Gasteiger charge is -2.31. The number of hydrogen-bond donors (Lipinski definition) is 0. The molecular weight excluding hydrogens is 384 g/mol. The zero-order chi connectivity index (χ0) is 18.7. The number of halogens is 1. The van der Waals surface area contributed by atoms with Gasteiger partial charge in [-0.05, 0) is 0 Å². The van der Waals surface area contributed by atoms with E-state index in [-0.39, 0.29) is 40.3 Å². The van der Waals surface area contributed by atoms with Crippen LogP contribution in [0.15, 0.2) is 17.0 Å². The predicted octanol–water partition coefficient (Wildman–Crippen LogP) is 1.08. The summed E-state index contributed by atoms with van der Waals surface area (Å²) in [5.74, 6) is 0.291. The van der Waals surface area contributed by atoms with Crippen molar-refractivity contribution in [3.63, 3.8) is 0 Å². The zero-order valence-corrected chi connectivity index (χ0v) is 16.0. The van der Waals surface area contributed by atoms with Crippen LogP contribution >= 0.6 is 11.6 Å². The molecule has 3 heterocycles. The smallest absolute Gasteiger partial charge is 0.247 e. The number of sulfonamides is 1. The predicted molar refractivity (Wildman–Crippen MR) is 91.9 cm³/mol. The maximum Gasteiger partial charge on any atom is 0.247 e. The van der Waals surface area contributed by atoms with Crippen molar-refractivity contribution in [2.75, 3.05) is 33.9 Å². The standard InChI is InChI=1S/C16H19ClN2O6S/c1-23-11-8-13(12(24-2)7-10(11)17)26(21,22)19-4-3-16-14(19)9-15(20)18(16)5-6-25-16/h7-8,14H,3-6,9H2,1-2H3/t14-,16+/m1/s1. The molecule has 142 valence electrons. The first kappa shape index (κ1) is 17.8. The van der Waals surface area contributed by atoms with E-state index in [0.29, 0.717) is 19.6 Å². The minimum Gasteiger partial charge on any atom is -0.495 e. The van der Waals surface area contributed by atoms with E-state index in [0.717, 1.165) is 0 Å². The van der Waals surface area contributed by atoms with Crippen molar-refractivity contribution in [1.82, 2.24) is 9.21 Å².